The molecule has 11 nitrogen and oxygen atoms in total. The molecule has 40 heavy (non-hydrogen) atoms. The first kappa shape index (κ1) is 27.7. The Morgan fingerprint density at radius 1 is 1.15 bits per heavy atom. The molecule has 214 valence electrons. The minimum absolute atomic E-state index is 0.106. The third-order valence-corrected chi connectivity index (χ3v) is 7.11. The zero-order valence-electron chi connectivity index (χ0n) is 23.8. The first-order valence-corrected chi connectivity index (χ1v) is 13.6. The van der Waals surface area contributed by atoms with Gasteiger partial charge in [0.15, 0.2) is 5.82 Å². The Labute approximate surface area is 234 Å². The van der Waals surface area contributed by atoms with Crippen molar-refractivity contribution in [1.82, 2.24) is 14.9 Å². The maximum atomic E-state index is 13.5. The SMILES string of the molecule is CC(C)(C)OC(=O)N1CC(c2cnc(/C(=C\N)C(=O)Nc3cc4c(cc3N3CCOCC3)OC(C)(C)C4)nc2)C1. The van der Waals surface area contributed by atoms with Gasteiger partial charge >= 0.3 is 6.09 Å². The number of nitrogens with zero attached hydrogens (tertiary/aromatic N) is 4. The van der Waals surface area contributed by atoms with Crippen molar-refractivity contribution in [3.05, 3.63) is 47.7 Å². The Kier molecular flexibility index (Phi) is 7.34. The standard InChI is InChI=1S/C29H38N6O5/c1-28(2,3)40-27(37)35-16-20(17-35)19-14-31-25(32-15-19)21(13-30)26(36)33-22-10-18-12-29(4,5)39-24(18)11-23(22)34-6-8-38-9-7-34/h10-11,13-15,20H,6-9,12,16-17,30H2,1-5H3,(H,33,36)/b21-13+. The molecule has 2 saturated heterocycles. The van der Waals surface area contributed by atoms with Crippen LogP contribution in [0, 0.1) is 0 Å². The van der Waals surface area contributed by atoms with Crippen LogP contribution in [0.2, 0.25) is 0 Å². The number of fused-ring (bicyclic) bond motifs is 1. The zero-order valence-corrected chi connectivity index (χ0v) is 23.8. The molecule has 0 atom stereocenters. The van der Waals surface area contributed by atoms with Crippen LogP contribution < -0.4 is 20.7 Å². The quantitative estimate of drug-likeness (QED) is 0.538. The fourth-order valence-corrected chi connectivity index (χ4v) is 5.10. The second-order valence-corrected chi connectivity index (χ2v) is 12.1. The largest absolute Gasteiger partial charge is 0.487 e. The van der Waals surface area contributed by atoms with Crippen LogP contribution in [0.4, 0.5) is 16.2 Å². The van der Waals surface area contributed by atoms with Crippen LogP contribution in [-0.2, 0) is 20.7 Å². The van der Waals surface area contributed by atoms with E-state index >= 15 is 0 Å². The lowest BCUT2D eigenvalue weighted by atomic mass is 9.94. The number of nitrogens with one attached hydrogen (secondary N) is 1. The van der Waals surface area contributed by atoms with Crippen LogP contribution in [0.5, 0.6) is 5.75 Å². The van der Waals surface area contributed by atoms with E-state index in [9.17, 15) is 9.59 Å². The Morgan fingerprint density at radius 3 is 2.45 bits per heavy atom. The van der Waals surface area contributed by atoms with Gasteiger partial charge in [-0.3, -0.25) is 4.79 Å². The van der Waals surface area contributed by atoms with Gasteiger partial charge < -0.3 is 35.1 Å². The molecule has 2 amide bonds. The molecule has 3 aliphatic heterocycles. The van der Waals surface area contributed by atoms with Gasteiger partial charge in [-0.25, -0.2) is 14.8 Å². The summed E-state index contributed by atoms with van der Waals surface area (Å²) in [4.78, 5) is 38.4. The van der Waals surface area contributed by atoms with E-state index in [0.717, 1.165) is 29.0 Å². The molecule has 2 fully saturated rings. The highest BCUT2D eigenvalue weighted by molar-refractivity contribution is 6.24. The molecule has 0 bridgehead atoms. The van der Waals surface area contributed by atoms with E-state index in [2.05, 4.69) is 34.0 Å². The number of aromatic nitrogens is 2. The summed E-state index contributed by atoms with van der Waals surface area (Å²) in [6.45, 7) is 13.3. The molecular formula is C29H38N6O5. The number of morpholine rings is 1. The monoisotopic (exact) mass is 550 g/mol. The van der Waals surface area contributed by atoms with Gasteiger partial charge in [0.1, 0.15) is 17.0 Å². The number of hydrogen-bond acceptors (Lipinski definition) is 9. The Balaban J connectivity index is 1.29. The molecule has 2 aromatic rings. The second-order valence-electron chi connectivity index (χ2n) is 12.1. The summed E-state index contributed by atoms with van der Waals surface area (Å²) in [6, 6.07) is 3.99. The number of carbonyl (C=O) groups excluding carboxylic acids is 2. The molecule has 0 saturated carbocycles. The molecule has 1 aromatic carbocycles. The molecule has 0 unspecified atom stereocenters. The van der Waals surface area contributed by atoms with Gasteiger partial charge in [0.25, 0.3) is 5.91 Å². The fraction of sp³-hybridized carbons (Fsp3) is 0.517. The average molecular weight is 551 g/mol. The van der Waals surface area contributed by atoms with E-state index in [-0.39, 0.29) is 29.0 Å². The first-order valence-electron chi connectivity index (χ1n) is 13.6. The van der Waals surface area contributed by atoms with E-state index in [4.69, 9.17) is 19.9 Å². The van der Waals surface area contributed by atoms with Crippen LogP contribution in [0.1, 0.15) is 57.5 Å². The molecule has 0 radical (unpaired) electrons. The van der Waals surface area contributed by atoms with Crippen molar-refractivity contribution in [1.29, 1.82) is 0 Å². The van der Waals surface area contributed by atoms with Gasteiger partial charge in [0.05, 0.1) is 30.2 Å². The lowest BCUT2D eigenvalue weighted by Crippen LogP contribution is -2.50. The Hall–Kier alpha value is -3.86. The lowest BCUT2D eigenvalue weighted by Gasteiger charge is -2.39. The summed E-state index contributed by atoms with van der Waals surface area (Å²) in [5, 5.41) is 3.05. The second kappa shape index (κ2) is 10.6. The average Bonchev–Trinajstić information content (AvgIpc) is 3.16. The predicted molar refractivity (Wildman–Crippen MR) is 151 cm³/mol. The number of anilines is 2. The van der Waals surface area contributed by atoms with E-state index in [0.29, 0.717) is 45.1 Å². The van der Waals surface area contributed by atoms with Crippen LogP contribution in [-0.4, -0.2) is 77.5 Å². The summed E-state index contributed by atoms with van der Waals surface area (Å²) >= 11 is 0. The van der Waals surface area contributed by atoms with Crippen LogP contribution in [0.15, 0.2) is 30.7 Å². The highest BCUT2D eigenvalue weighted by Crippen LogP contribution is 2.42. The van der Waals surface area contributed by atoms with Crippen molar-refractivity contribution in [2.24, 2.45) is 5.73 Å². The van der Waals surface area contributed by atoms with Gasteiger partial charge in [-0.05, 0) is 46.2 Å². The van der Waals surface area contributed by atoms with Crippen LogP contribution >= 0.6 is 0 Å². The minimum Gasteiger partial charge on any atom is -0.487 e. The number of benzene rings is 1. The minimum atomic E-state index is -0.536. The maximum absolute atomic E-state index is 13.5. The lowest BCUT2D eigenvalue weighted by molar-refractivity contribution is -0.111. The molecule has 3 N–H and O–H groups in total. The number of nitrogens with two attached hydrogens (primary N) is 1. The predicted octanol–water partition coefficient (Wildman–Crippen LogP) is 3.30. The molecule has 5 rings (SSSR count). The number of likely N-dealkylation sites (tertiary alicyclic amines) is 1. The maximum Gasteiger partial charge on any atom is 0.410 e. The molecule has 3 aliphatic rings. The number of rotatable bonds is 5. The molecule has 11 heteroatoms. The van der Waals surface area contributed by atoms with Gasteiger partial charge in [0, 0.05) is 68.7 Å². The molecule has 0 spiro atoms. The van der Waals surface area contributed by atoms with E-state index in [1.54, 1.807) is 17.3 Å². The van der Waals surface area contributed by atoms with Crippen LogP contribution in [0.25, 0.3) is 5.57 Å². The van der Waals surface area contributed by atoms with Gasteiger partial charge in [0.2, 0.25) is 0 Å². The van der Waals surface area contributed by atoms with E-state index in [1.807, 2.05) is 32.9 Å². The van der Waals surface area contributed by atoms with Gasteiger partial charge in [-0.1, -0.05) is 0 Å². The third-order valence-electron chi connectivity index (χ3n) is 7.11. The number of amides is 2. The van der Waals surface area contributed by atoms with Crippen molar-refractivity contribution < 1.29 is 23.8 Å². The number of hydrogen-bond donors (Lipinski definition) is 2. The van der Waals surface area contributed by atoms with Crippen molar-refractivity contribution in [2.45, 2.75) is 58.2 Å². The molecule has 0 aliphatic carbocycles. The highest BCUT2D eigenvalue weighted by Gasteiger charge is 2.35. The van der Waals surface area contributed by atoms with Crippen molar-refractivity contribution >= 4 is 28.9 Å². The van der Waals surface area contributed by atoms with E-state index < -0.39 is 11.5 Å². The van der Waals surface area contributed by atoms with E-state index in [1.165, 1.54) is 6.20 Å². The van der Waals surface area contributed by atoms with Crippen molar-refractivity contribution in [2.75, 3.05) is 49.6 Å². The molecular weight excluding hydrogens is 512 g/mol. The molecule has 1 aromatic heterocycles. The smallest absolute Gasteiger partial charge is 0.410 e. The first-order chi connectivity index (χ1) is 18.9. The molecule has 4 heterocycles. The van der Waals surface area contributed by atoms with Gasteiger partial charge in [-0.15, -0.1) is 0 Å². The topological polar surface area (TPSA) is 132 Å². The summed E-state index contributed by atoms with van der Waals surface area (Å²) in [5.41, 5.74) is 8.70. The highest BCUT2D eigenvalue weighted by atomic mass is 16.6. The fourth-order valence-electron chi connectivity index (χ4n) is 5.10. The Bertz CT molecular complexity index is 1310. The summed E-state index contributed by atoms with van der Waals surface area (Å²) in [7, 11) is 0. The Morgan fingerprint density at radius 2 is 1.82 bits per heavy atom. The van der Waals surface area contributed by atoms with Crippen molar-refractivity contribution in [3.63, 3.8) is 0 Å². The van der Waals surface area contributed by atoms with Crippen molar-refractivity contribution in [3.8, 4) is 5.75 Å². The van der Waals surface area contributed by atoms with Crippen LogP contribution in [0.3, 0.4) is 0 Å². The van der Waals surface area contributed by atoms with Gasteiger partial charge in [-0.2, -0.15) is 0 Å². The zero-order chi connectivity index (χ0) is 28.7. The summed E-state index contributed by atoms with van der Waals surface area (Å²) in [6.07, 6.45) is 5.01. The summed E-state index contributed by atoms with van der Waals surface area (Å²) < 4.78 is 17.1. The third kappa shape index (κ3) is 5.99. The normalized spacial score (nSPS) is 19.0. The summed E-state index contributed by atoms with van der Waals surface area (Å²) in [5.74, 6) is 0.766. The number of carbonyl (C=O) groups is 2. The number of ether oxygens (including phenoxy) is 3.